The molecule has 14 heavy (non-hydrogen) atoms. The van der Waals surface area contributed by atoms with Gasteiger partial charge in [0.25, 0.3) is 0 Å². The maximum atomic E-state index is 5.90. The Bertz CT molecular complexity index is 158. The van der Waals surface area contributed by atoms with E-state index in [0.29, 0.717) is 17.4 Å². The van der Waals surface area contributed by atoms with Crippen LogP contribution in [0.1, 0.15) is 46.5 Å². The fourth-order valence-electron chi connectivity index (χ4n) is 1.88. The van der Waals surface area contributed by atoms with Crippen LogP contribution in [0.4, 0.5) is 0 Å². The first-order valence-electron chi connectivity index (χ1n) is 5.71. The Morgan fingerprint density at radius 2 is 1.93 bits per heavy atom. The lowest BCUT2D eigenvalue weighted by atomic mass is 9.76. The van der Waals surface area contributed by atoms with Crippen LogP contribution in [0, 0.1) is 11.3 Å². The average Bonchev–Trinajstić information content (AvgIpc) is 2.16. The van der Waals surface area contributed by atoms with Gasteiger partial charge in [0.15, 0.2) is 0 Å². The summed E-state index contributed by atoms with van der Waals surface area (Å²) in [5.74, 6) is 0.643. The molecule has 1 aliphatic carbocycles. The quantitative estimate of drug-likeness (QED) is 0.696. The molecule has 0 radical (unpaired) electrons. The molecule has 1 fully saturated rings. The van der Waals surface area contributed by atoms with Gasteiger partial charge in [0.1, 0.15) is 0 Å². The highest BCUT2D eigenvalue weighted by Gasteiger charge is 2.27. The van der Waals surface area contributed by atoms with Crippen LogP contribution >= 0.6 is 15.9 Å². The smallest absolute Gasteiger partial charge is 0.0575 e. The molecule has 2 heteroatoms. The number of rotatable bonds is 4. The predicted octanol–water partition coefficient (Wildman–Crippen LogP) is 4.00. The largest absolute Gasteiger partial charge is 0.378 e. The molecule has 1 atom stereocenters. The lowest BCUT2D eigenvalue weighted by Gasteiger charge is -2.34. The van der Waals surface area contributed by atoms with Gasteiger partial charge in [0.2, 0.25) is 0 Å². The van der Waals surface area contributed by atoms with E-state index in [0.717, 1.165) is 11.9 Å². The van der Waals surface area contributed by atoms with Gasteiger partial charge < -0.3 is 4.74 Å². The highest BCUT2D eigenvalue weighted by molar-refractivity contribution is 9.09. The summed E-state index contributed by atoms with van der Waals surface area (Å²) in [4.78, 5) is 0. The van der Waals surface area contributed by atoms with E-state index in [1.54, 1.807) is 0 Å². The van der Waals surface area contributed by atoms with Gasteiger partial charge in [0.05, 0.1) is 12.7 Å². The van der Waals surface area contributed by atoms with E-state index >= 15 is 0 Å². The van der Waals surface area contributed by atoms with Crippen molar-refractivity contribution in [1.82, 2.24) is 0 Å². The molecule has 0 saturated heterocycles. The first-order valence-corrected chi connectivity index (χ1v) is 6.83. The highest BCUT2D eigenvalue weighted by Crippen LogP contribution is 2.36. The number of ether oxygens (including phenoxy) is 1. The minimum absolute atomic E-state index is 0.532. The van der Waals surface area contributed by atoms with E-state index < -0.39 is 0 Å². The zero-order valence-corrected chi connectivity index (χ0v) is 11.3. The maximum Gasteiger partial charge on any atom is 0.0575 e. The van der Waals surface area contributed by atoms with Gasteiger partial charge in [-0.25, -0.2) is 0 Å². The molecule has 1 unspecified atom stereocenters. The second kappa shape index (κ2) is 5.50. The van der Waals surface area contributed by atoms with Crippen molar-refractivity contribution in [2.45, 2.75) is 52.6 Å². The molecule has 84 valence electrons. The second-order valence-corrected chi connectivity index (χ2v) is 6.10. The van der Waals surface area contributed by atoms with Crippen molar-refractivity contribution in [2.75, 3.05) is 11.9 Å². The van der Waals surface area contributed by atoms with Gasteiger partial charge in [-0.15, -0.1) is 0 Å². The van der Waals surface area contributed by atoms with Gasteiger partial charge in [-0.1, -0.05) is 36.7 Å². The number of hydrogen-bond acceptors (Lipinski definition) is 1. The van der Waals surface area contributed by atoms with Crippen LogP contribution in [0.5, 0.6) is 0 Å². The lowest BCUT2D eigenvalue weighted by molar-refractivity contribution is -0.00672. The van der Waals surface area contributed by atoms with Crippen LogP contribution in [-0.4, -0.2) is 18.0 Å². The molecular weight excluding hydrogens is 240 g/mol. The van der Waals surface area contributed by atoms with Gasteiger partial charge >= 0.3 is 0 Å². The third-order valence-electron chi connectivity index (χ3n) is 3.17. The summed E-state index contributed by atoms with van der Waals surface area (Å²) >= 11 is 3.48. The van der Waals surface area contributed by atoms with Gasteiger partial charge in [0, 0.05) is 5.33 Å². The number of hydrogen-bond donors (Lipinski definition) is 0. The molecule has 0 aromatic heterocycles. The summed E-state index contributed by atoms with van der Waals surface area (Å²) < 4.78 is 5.90. The molecule has 0 bridgehead atoms. The lowest BCUT2D eigenvalue weighted by Crippen LogP contribution is -2.27. The minimum Gasteiger partial charge on any atom is -0.378 e. The zero-order chi connectivity index (χ0) is 10.6. The molecule has 0 heterocycles. The molecule has 1 aliphatic rings. The first kappa shape index (κ1) is 12.5. The van der Waals surface area contributed by atoms with Crippen molar-refractivity contribution >= 4 is 15.9 Å². The summed E-state index contributed by atoms with van der Waals surface area (Å²) in [6.07, 6.45) is 5.68. The Morgan fingerprint density at radius 3 is 2.43 bits per heavy atom. The van der Waals surface area contributed by atoms with E-state index in [-0.39, 0.29) is 0 Å². The fourth-order valence-corrected chi connectivity index (χ4v) is 2.07. The predicted molar refractivity (Wildman–Crippen MR) is 64.9 cm³/mol. The van der Waals surface area contributed by atoms with E-state index in [1.807, 2.05) is 0 Å². The van der Waals surface area contributed by atoms with Crippen LogP contribution in [0.15, 0.2) is 0 Å². The highest BCUT2D eigenvalue weighted by atomic mass is 79.9. The third kappa shape index (κ3) is 4.31. The van der Waals surface area contributed by atoms with E-state index in [2.05, 4.69) is 36.7 Å². The van der Waals surface area contributed by atoms with Crippen molar-refractivity contribution in [1.29, 1.82) is 0 Å². The Morgan fingerprint density at radius 1 is 1.36 bits per heavy atom. The summed E-state index contributed by atoms with van der Waals surface area (Å²) in [5, 5.41) is 1.05. The van der Waals surface area contributed by atoms with Gasteiger partial charge in [-0.3, -0.25) is 0 Å². The summed E-state index contributed by atoms with van der Waals surface area (Å²) in [7, 11) is 0. The monoisotopic (exact) mass is 262 g/mol. The Balaban J connectivity index is 2.16. The molecule has 0 aromatic carbocycles. The van der Waals surface area contributed by atoms with E-state index in [4.69, 9.17) is 4.74 Å². The second-order valence-electron chi connectivity index (χ2n) is 5.46. The Hall–Kier alpha value is 0.440. The molecular formula is C12H23BrO. The van der Waals surface area contributed by atoms with Crippen molar-refractivity contribution in [3.63, 3.8) is 0 Å². The molecule has 0 amide bonds. The van der Waals surface area contributed by atoms with Gasteiger partial charge in [-0.2, -0.15) is 0 Å². The van der Waals surface area contributed by atoms with Crippen LogP contribution in [0.25, 0.3) is 0 Å². The normalized spacial score (nSPS) is 24.9. The SMILES string of the molecule is CC(CBr)COC1CCC(C)(C)CC1. The maximum absolute atomic E-state index is 5.90. The topological polar surface area (TPSA) is 9.23 Å². The summed E-state index contributed by atoms with van der Waals surface area (Å²) in [5.41, 5.74) is 0.556. The first-order chi connectivity index (χ1) is 6.53. The van der Waals surface area contributed by atoms with Crippen molar-refractivity contribution in [3.05, 3.63) is 0 Å². The standard InChI is InChI=1S/C12H23BrO/c1-10(8-13)9-14-11-4-6-12(2,3)7-5-11/h10-11H,4-9H2,1-3H3. The number of halogens is 1. The van der Waals surface area contributed by atoms with E-state index in [9.17, 15) is 0 Å². The fraction of sp³-hybridized carbons (Fsp3) is 1.00. The van der Waals surface area contributed by atoms with E-state index in [1.165, 1.54) is 25.7 Å². The molecule has 1 nitrogen and oxygen atoms in total. The molecule has 0 aliphatic heterocycles. The Labute approximate surface area is 96.7 Å². The van der Waals surface area contributed by atoms with Crippen molar-refractivity contribution in [2.24, 2.45) is 11.3 Å². The van der Waals surface area contributed by atoms with Crippen molar-refractivity contribution in [3.8, 4) is 0 Å². The molecule has 1 rings (SSSR count). The third-order valence-corrected chi connectivity index (χ3v) is 4.27. The molecule has 0 N–H and O–H groups in total. The van der Waals surface area contributed by atoms with Crippen molar-refractivity contribution < 1.29 is 4.74 Å². The number of alkyl halides is 1. The summed E-state index contributed by atoms with van der Waals surface area (Å²) in [6, 6.07) is 0. The molecule has 0 aromatic rings. The van der Waals surface area contributed by atoms with Gasteiger partial charge in [-0.05, 0) is 37.0 Å². The molecule has 0 spiro atoms. The minimum atomic E-state index is 0.532. The molecule has 1 saturated carbocycles. The van der Waals surface area contributed by atoms with Crippen LogP contribution in [0.2, 0.25) is 0 Å². The van der Waals surface area contributed by atoms with Crippen LogP contribution < -0.4 is 0 Å². The average molecular weight is 263 g/mol. The Kier molecular flexibility index (Phi) is 4.92. The zero-order valence-electron chi connectivity index (χ0n) is 9.68. The van der Waals surface area contributed by atoms with Crippen LogP contribution in [-0.2, 0) is 4.74 Å². The summed E-state index contributed by atoms with van der Waals surface area (Å²) in [6.45, 7) is 7.87. The van der Waals surface area contributed by atoms with Crippen LogP contribution in [0.3, 0.4) is 0 Å².